The smallest absolute Gasteiger partial charge is 0.311 e. The topological polar surface area (TPSA) is 84.7 Å². The molecule has 1 aromatic rings. The van der Waals surface area contributed by atoms with E-state index in [1.807, 2.05) is 25.9 Å². The molecule has 7 nitrogen and oxygen atoms in total. The van der Waals surface area contributed by atoms with Crippen LogP contribution in [0, 0.1) is 16.0 Å². The van der Waals surface area contributed by atoms with Crippen molar-refractivity contribution in [1.82, 2.24) is 10.2 Å². The molecule has 0 radical (unpaired) electrons. The minimum atomic E-state index is -0.565. The highest BCUT2D eigenvalue weighted by molar-refractivity contribution is 5.95. The van der Waals surface area contributed by atoms with Crippen molar-refractivity contribution in [1.29, 1.82) is 0 Å². The summed E-state index contributed by atoms with van der Waals surface area (Å²) in [5.41, 5.74) is 0.0334. The van der Waals surface area contributed by atoms with Gasteiger partial charge in [0, 0.05) is 24.7 Å². The zero-order valence-corrected chi connectivity index (χ0v) is 12.8. The van der Waals surface area contributed by atoms with Crippen LogP contribution in [0.4, 0.5) is 5.69 Å². The second kappa shape index (κ2) is 7.58. The molecule has 0 aliphatic rings. The van der Waals surface area contributed by atoms with E-state index in [4.69, 9.17) is 4.74 Å². The number of amides is 1. The number of methoxy groups -OCH3 is 1. The molecule has 1 N–H and O–H groups in total. The fourth-order valence-electron chi connectivity index (χ4n) is 2.03. The highest BCUT2D eigenvalue weighted by Gasteiger charge is 2.18. The zero-order valence-electron chi connectivity index (χ0n) is 12.8. The molecule has 0 spiro atoms. The number of nitrogens with one attached hydrogen (secondary N) is 1. The molecule has 0 aromatic heterocycles. The number of hydrogen-bond donors (Lipinski definition) is 1. The summed E-state index contributed by atoms with van der Waals surface area (Å²) in [5, 5.41) is 13.7. The number of carbonyl (C=O) groups excluding carboxylic acids is 1. The highest BCUT2D eigenvalue weighted by atomic mass is 16.6. The quantitative estimate of drug-likeness (QED) is 0.609. The van der Waals surface area contributed by atoms with Gasteiger partial charge in [-0.2, -0.15) is 0 Å². The number of hydrogen-bond acceptors (Lipinski definition) is 5. The lowest BCUT2D eigenvalue weighted by atomic mass is 10.1. The van der Waals surface area contributed by atoms with Crippen LogP contribution in [0.5, 0.6) is 5.75 Å². The normalized spacial score (nSPS) is 12.0. The average molecular weight is 295 g/mol. The Morgan fingerprint density at radius 2 is 2.14 bits per heavy atom. The van der Waals surface area contributed by atoms with Crippen LogP contribution < -0.4 is 10.1 Å². The first-order valence-corrected chi connectivity index (χ1v) is 6.60. The molecule has 0 fully saturated rings. The van der Waals surface area contributed by atoms with Crippen molar-refractivity contribution in [2.45, 2.75) is 6.92 Å². The Bertz CT molecular complexity index is 517. The largest absolute Gasteiger partial charge is 0.490 e. The van der Waals surface area contributed by atoms with Gasteiger partial charge in [0.25, 0.3) is 5.91 Å². The van der Waals surface area contributed by atoms with E-state index in [2.05, 4.69) is 5.32 Å². The number of carbonyl (C=O) groups is 1. The third-order valence-electron chi connectivity index (χ3n) is 2.93. The van der Waals surface area contributed by atoms with Crippen LogP contribution in [0.25, 0.3) is 0 Å². The Labute approximate surface area is 124 Å². The van der Waals surface area contributed by atoms with Gasteiger partial charge in [-0.05, 0) is 32.1 Å². The molecule has 0 aliphatic carbocycles. The van der Waals surface area contributed by atoms with E-state index in [9.17, 15) is 14.9 Å². The lowest BCUT2D eigenvalue weighted by Crippen LogP contribution is -2.32. The van der Waals surface area contributed by atoms with E-state index in [0.717, 1.165) is 6.54 Å². The number of nitro groups is 1. The summed E-state index contributed by atoms with van der Waals surface area (Å²) in [7, 11) is 5.28. The van der Waals surface area contributed by atoms with Gasteiger partial charge in [0.1, 0.15) is 0 Å². The van der Waals surface area contributed by atoms with Crippen molar-refractivity contribution in [3.8, 4) is 5.75 Å². The Hall–Kier alpha value is -2.15. The van der Waals surface area contributed by atoms with Crippen molar-refractivity contribution in [3.05, 3.63) is 33.9 Å². The summed E-state index contributed by atoms with van der Waals surface area (Å²) >= 11 is 0. The van der Waals surface area contributed by atoms with Crippen LogP contribution in [-0.4, -0.2) is 50.0 Å². The van der Waals surface area contributed by atoms with Gasteiger partial charge in [-0.3, -0.25) is 14.9 Å². The number of benzene rings is 1. The van der Waals surface area contributed by atoms with Crippen LogP contribution in [0.15, 0.2) is 18.2 Å². The first-order valence-electron chi connectivity index (χ1n) is 6.60. The van der Waals surface area contributed by atoms with Crippen LogP contribution in [0.1, 0.15) is 17.3 Å². The van der Waals surface area contributed by atoms with E-state index in [0.29, 0.717) is 6.54 Å². The van der Waals surface area contributed by atoms with Crippen molar-refractivity contribution >= 4 is 11.6 Å². The number of nitro benzene ring substituents is 1. The van der Waals surface area contributed by atoms with E-state index in [1.165, 1.54) is 25.3 Å². The van der Waals surface area contributed by atoms with Crippen molar-refractivity contribution < 1.29 is 14.5 Å². The standard InChI is InChI=1S/C14H21N3O4/c1-10(9-16(2)3)8-15-14(18)11-5-6-13(21-4)12(7-11)17(19)20/h5-7,10H,8-9H2,1-4H3,(H,15,18)/t10-/m1/s1. The van der Waals surface area contributed by atoms with Gasteiger partial charge < -0.3 is 15.0 Å². The molecule has 0 saturated carbocycles. The van der Waals surface area contributed by atoms with Gasteiger partial charge in [-0.1, -0.05) is 6.92 Å². The van der Waals surface area contributed by atoms with Gasteiger partial charge in [-0.25, -0.2) is 0 Å². The summed E-state index contributed by atoms with van der Waals surface area (Å²) in [6, 6.07) is 4.17. The maximum Gasteiger partial charge on any atom is 0.311 e. The molecule has 1 aromatic carbocycles. The Kier molecular flexibility index (Phi) is 6.10. The third-order valence-corrected chi connectivity index (χ3v) is 2.93. The second-order valence-electron chi connectivity index (χ2n) is 5.22. The van der Waals surface area contributed by atoms with Crippen LogP contribution >= 0.6 is 0 Å². The first-order chi connectivity index (χ1) is 9.85. The molecule has 7 heteroatoms. The summed E-state index contributed by atoms with van der Waals surface area (Å²) in [5.74, 6) is 0.0982. The molecule has 1 rings (SSSR count). The maximum atomic E-state index is 12.0. The number of nitrogens with zero attached hydrogens (tertiary/aromatic N) is 2. The molecule has 21 heavy (non-hydrogen) atoms. The SMILES string of the molecule is COc1ccc(C(=O)NC[C@@H](C)CN(C)C)cc1[N+](=O)[O-]. The van der Waals surface area contributed by atoms with E-state index in [1.54, 1.807) is 0 Å². The molecular weight excluding hydrogens is 274 g/mol. The van der Waals surface area contributed by atoms with Crippen LogP contribution in [0.3, 0.4) is 0 Å². The second-order valence-corrected chi connectivity index (χ2v) is 5.22. The molecule has 0 heterocycles. The summed E-state index contributed by atoms with van der Waals surface area (Å²) in [6.07, 6.45) is 0. The lowest BCUT2D eigenvalue weighted by Gasteiger charge is -2.17. The summed E-state index contributed by atoms with van der Waals surface area (Å²) < 4.78 is 4.90. The molecule has 1 amide bonds. The van der Waals surface area contributed by atoms with Gasteiger partial charge in [0.2, 0.25) is 0 Å². The number of ether oxygens (including phenoxy) is 1. The van der Waals surface area contributed by atoms with E-state index >= 15 is 0 Å². The fourth-order valence-corrected chi connectivity index (χ4v) is 2.03. The van der Waals surface area contributed by atoms with Crippen molar-refractivity contribution in [2.24, 2.45) is 5.92 Å². The third kappa shape index (κ3) is 5.03. The van der Waals surface area contributed by atoms with E-state index < -0.39 is 4.92 Å². The predicted octanol–water partition coefficient (Wildman–Crippen LogP) is 1.53. The summed E-state index contributed by atoms with van der Waals surface area (Å²) in [6.45, 7) is 3.39. The zero-order chi connectivity index (χ0) is 16.0. The average Bonchev–Trinajstić information content (AvgIpc) is 2.43. The van der Waals surface area contributed by atoms with Crippen molar-refractivity contribution in [3.63, 3.8) is 0 Å². The molecule has 0 unspecified atom stereocenters. The van der Waals surface area contributed by atoms with Gasteiger partial charge in [0.15, 0.2) is 5.75 Å². The van der Waals surface area contributed by atoms with Gasteiger partial charge >= 0.3 is 5.69 Å². The van der Waals surface area contributed by atoms with Gasteiger partial charge in [0.05, 0.1) is 12.0 Å². The Morgan fingerprint density at radius 1 is 1.48 bits per heavy atom. The van der Waals surface area contributed by atoms with Gasteiger partial charge in [-0.15, -0.1) is 0 Å². The molecule has 1 atom stereocenters. The van der Waals surface area contributed by atoms with Crippen LogP contribution in [-0.2, 0) is 0 Å². The minimum absolute atomic E-state index is 0.137. The summed E-state index contributed by atoms with van der Waals surface area (Å²) in [4.78, 5) is 24.4. The Morgan fingerprint density at radius 3 is 2.67 bits per heavy atom. The van der Waals surface area contributed by atoms with E-state index in [-0.39, 0.29) is 28.8 Å². The Balaban J connectivity index is 2.75. The first kappa shape index (κ1) is 16.9. The molecule has 0 bridgehead atoms. The molecule has 116 valence electrons. The highest BCUT2D eigenvalue weighted by Crippen LogP contribution is 2.27. The molecule has 0 aliphatic heterocycles. The fraction of sp³-hybridized carbons (Fsp3) is 0.500. The minimum Gasteiger partial charge on any atom is -0.490 e. The van der Waals surface area contributed by atoms with Crippen molar-refractivity contribution in [2.75, 3.05) is 34.3 Å². The monoisotopic (exact) mass is 295 g/mol. The molecular formula is C14H21N3O4. The molecule has 0 saturated heterocycles. The predicted molar refractivity (Wildman–Crippen MR) is 79.7 cm³/mol. The van der Waals surface area contributed by atoms with Crippen LogP contribution in [0.2, 0.25) is 0 Å². The lowest BCUT2D eigenvalue weighted by molar-refractivity contribution is -0.385. The number of rotatable bonds is 7. The maximum absolute atomic E-state index is 12.0.